The van der Waals surface area contributed by atoms with E-state index in [0.717, 1.165) is 15.6 Å². The Hall–Kier alpha value is -2.01. The van der Waals surface area contributed by atoms with Gasteiger partial charge in [0, 0.05) is 4.47 Å². The zero-order valence-corrected chi connectivity index (χ0v) is 15.9. The lowest BCUT2D eigenvalue weighted by atomic mass is 9.93. The standard InChI is InChI=1S/C19H22BrNO3/c1-19(2,14-8-9-16(23-3)17(12-14)24-4)21-18(22)11-13-6-5-7-15(20)10-13/h5-10,12H,11H2,1-4H3,(H,21,22). The summed E-state index contributed by atoms with van der Waals surface area (Å²) in [5.41, 5.74) is 1.38. The molecule has 0 saturated heterocycles. The molecule has 5 heteroatoms. The monoisotopic (exact) mass is 391 g/mol. The molecule has 4 nitrogen and oxygen atoms in total. The Labute approximate surface area is 151 Å². The Kier molecular flexibility index (Phi) is 5.89. The van der Waals surface area contributed by atoms with Gasteiger partial charge in [-0.05, 0) is 49.2 Å². The van der Waals surface area contributed by atoms with Crippen LogP contribution in [0.1, 0.15) is 25.0 Å². The average Bonchev–Trinajstić information content (AvgIpc) is 2.53. The van der Waals surface area contributed by atoms with Crippen LogP contribution in [0.2, 0.25) is 0 Å². The number of carbonyl (C=O) groups excluding carboxylic acids is 1. The van der Waals surface area contributed by atoms with Gasteiger partial charge in [0.15, 0.2) is 11.5 Å². The van der Waals surface area contributed by atoms with Crippen LogP contribution >= 0.6 is 15.9 Å². The Bertz CT molecular complexity index is 728. The lowest BCUT2D eigenvalue weighted by Gasteiger charge is -2.27. The predicted octanol–water partition coefficient (Wildman–Crippen LogP) is 4.06. The molecule has 0 radical (unpaired) electrons. The van der Waals surface area contributed by atoms with Crippen molar-refractivity contribution >= 4 is 21.8 Å². The first-order valence-corrected chi connectivity index (χ1v) is 8.43. The van der Waals surface area contributed by atoms with Crippen LogP contribution in [0, 0.1) is 0 Å². The Morgan fingerprint density at radius 3 is 2.42 bits per heavy atom. The largest absolute Gasteiger partial charge is 0.493 e. The molecule has 0 spiro atoms. The van der Waals surface area contributed by atoms with Gasteiger partial charge < -0.3 is 14.8 Å². The third kappa shape index (κ3) is 4.51. The zero-order chi connectivity index (χ0) is 17.7. The van der Waals surface area contributed by atoms with Crippen LogP contribution in [0.25, 0.3) is 0 Å². The average molecular weight is 392 g/mol. The first kappa shape index (κ1) is 18.3. The molecule has 1 N–H and O–H groups in total. The molecule has 0 unspecified atom stereocenters. The summed E-state index contributed by atoms with van der Waals surface area (Å²) in [5.74, 6) is 1.27. The molecule has 0 aliphatic rings. The summed E-state index contributed by atoms with van der Waals surface area (Å²) in [6.07, 6.45) is 0.330. The van der Waals surface area contributed by atoms with Crippen molar-refractivity contribution in [3.8, 4) is 11.5 Å². The van der Waals surface area contributed by atoms with Gasteiger partial charge in [0.25, 0.3) is 0 Å². The second kappa shape index (κ2) is 7.71. The first-order chi connectivity index (χ1) is 11.4. The van der Waals surface area contributed by atoms with Crippen molar-refractivity contribution in [2.75, 3.05) is 14.2 Å². The highest BCUT2D eigenvalue weighted by atomic mass is 79.9. The summed E-state index contributed by atoms with van der Waals surface area (Å²) in [6.45, 7) is 3.93. The number of benzene rings is 2. The van der Waals surface area contributed by atoms with Crippen LogP contribution in [0.3, 0.4) is 0 Å². The van der Waals surface area contributed by atoms with Crippen molar-refractivity contribution in [1.29, 1.82) is 0 Å². The highest BCUT2D eigenvalue weighted by Crippen LogP contribution is 2.32. The summed E-state index contributed by atoms with van der Waals surface area (Å²) in [4.78, 5) is 12.4. The van der Waals surface area contributed by atoms with Crippen molar-refractivity contribution in [2.45, 2.75) is 25.8 Å². The lowest BCUT2D eigenvalue weighted by molar-refractivity contribution is -0.122. The molecule has 1 amide bonds. The maximum atomic E-state index is 12.4. The van der Waals surface area contributed by atoms with Gasteiger partial charge in [-0.1, -0.05) is 34.1 Å². The molecule has 24 heavy (non-hydrogen) atoms. The molecular formula is C19H22BrNO3. The summed E-state index contributed by atoms with van der Waals surface area (Å²) in [6, 6.07) is 13.4. The van der Waals surface area contributed by atoms with Gasteiger partial charge in [0.05, 0.1) is 26.2 Å². The van der Waals surface area contributed by atoms with Gasteiger partial charge in [-0.15, -0.1) is 0 Å². The third-order valence-corrected chi connectivity index (χ3v) is 4.30. The lowest BCUT2D eigenvalue weighted by Crippen LogP contribution is -2.41. The van der Waals surface area contributed by atoms with E-state index in [0.29, 0.717) is 17.9 Å². The molecule has 128 valence electrons. The molecule has 0 bridgehead atoms. The molecule has 0 aromatic heterocycles. The predicted molar refractivity (Wildman–Crippen MR) is 98.6 cm³/mol. The molecule has 0 saturated carbocycles. The zero-order valence-electron chi connectivity index (χ0n) is 14.4. The molecular weight excluding hydrogens is 370 g/mol. The Morgan fingerprint density at radius 2 is 1.79 bits per heavy atom. The summed E-state index contributed by atoms with van der Waals surface area (Å²) < 4.78 is 11.6. The highest BCUT2D eigenvalue weighted by molar-refractivity contribution is 9.10. The molecule has 0 fully saturated rings. The van der Waals surface area contributed by atoms with Crippen molar-refractivity contribution in [3.05, 3.63) is 58.1 Å². The van der Waals surface area contributed by atoms with Crippen molar-refractivity contribution in [3.63, 3.8) is 0 Å². The number of nitrogens with one attached hydrogen (secondary N) is 1. The SMILES string of the molecule is COc1ccc(C(C)(C)NC(=O)Cc2cccc(Br)c2)cc1OC. The molecule has 0 atom stereocenters. The van der Waals surface area contributed by atoms with E-state index in [1.807, 2.05) is 56.3 Å². The van der Waals surface area contributed by atoms with Gasteiger partial charge in [-0.25, -0.2) is 0 Å². The number of rotatable bonds is 6. The van der Waals surface area contributed by atoms with E-state index < -0.39 is 5.54 Å². The summed E-state index contributed by atoms with van der Waals surface area (Å²) in [5, 5.41) is 3.08. The van der Waals surface area contributed by atoms with E-state index in [1.165, 1.54) is 0 Å². The van der Waals surface area contributed by atoms with Crippen molar-refractivity contribution in [1.82, 2.24) is 5.32 Å². The number of ether oxygens (including phenoxy) is 2. The summed E-state index contributed by atoms with van der Waals surface area (Å²) in [7, 11) is 3.20. The van der Waals surface area contributed by atoms with E-state index >= 15 is 0 Å². The van der Waals surface area contributed by atoms with Crippen molar-refractivity contribution in [2.24, 2.45) is 0 Å². The van der Waals surface area contributed by atoms with Crippen molar-refractivity contribution < 1.29 is 14.3 Å². The van der Waals surface area contributed by atoms with Crippen LogP contribution in [0.15, 0.2) is 46.9 Å². The second-order valence-corrected chi connectivity index (χ2v) is 6.97. The Balaban J connectivity index is 2.13. The van der Waals surface area contributed by atoms with E-state index in [1.54, 1.807) is 14.2 Å². The normalized spacial score (nSPS) is 11.0. The number of hydrogen-bond acceptors (Lipinski definition) is 3. The van der Waals surface area contributed by atoms with Crippen LogP contribution in [-0.2, 0) is 16.8 Å². The molecule has 0 aliphatic heterocycles. The Morgan fingerprint density at radius 1 is 1.08 bits per heavy atom. The van der Waals surface area contributed by atoms with Gasteiger partial charge in [0.1, 0.15) is 0 Å². The van der Waals surface area contributed by atoms with E-state index in [4.69, 9.17) is 9.47 Å². The maximum absolute atomic E-state index is 12.4. The minimum absolute atomic E-state index is 0.0344. The molecule has 0 heterocycles. The fourth-order valence-corrected chi connectivity index (χ4v) is 2.97. The molecule has 2 aromatic carbocycles. The third-order valence-electron chi connectivity index (χ3n) is 3.81. The van der Waals surface area contributed by atoms with E-state index in [9.17, 15) is 4.79 Å². The number of hydrogen-bond donors (Lipinski definition) is 1. The van der Waals surface area contributed by atoms with Gasteiger partial charge in [-0.3, -0.25) is 4.79 Å². The summed E-state index contributed by atoms with van der Waals surface area (Å²) >= 11 is 3.42. The fourth-order valence-electron chi connectivity index (χ4n) is 2.52. The number of amides is 1. The number of halogens is 1. The van der Waals surface area contributed by atoms with Gasteiger partial charge in [-0.2, -0.15) is 0 Å². The maximum Gasteiger partial charge on any atom is 0.225 e. The smallest absolute Gasteiger partial charge is 0.225 e. The quantitative estimate of drug-likeness (QED) is 0.807. The second-order valence-electron chi connectivity index (χ2n) is 6.05. The minimum Gasteiger partial charge on any atom is -0.493 e. The number of carbonyl (C=O) groups is 1. The number of methoxy groups -OCH3 is 2. The van der Waals surface area contributed by atoms with Crippen LogP contribution < -0.4 is 14.8 Å². The van der Waals surface area contributed by atoms with E-state index in [2.05, 4.69) is 21.2 Å². The first-order valence-electron chi connectivity index (χ1n) is 7.63. The molecule has 0 aliphatic carbocycles. The molecule has 2 rings (SSSR count). The molecule has 2 aromatic rings. The van der Waals surface area contributed by atoms with Gasteiger partial charge in [0.2, 0.25) is 5.91 Å². The fraction of sp³-hybridized carbons (Fsp3) is 0.316. The van der Waals surface area contributed by atoms with Crippen LogP contribution in [0.5, 0.6) is 11.5 Å². The van der Waals surface area contributed by atoms with Gasteiger partial charge >= 0.3 is 0 Å². The van der Waals surface area contributed by atoms with Crippen LogP contribution in [-0.4, -0.2) is 20.1 Å². The van der Waals surface area contributed by atoms with Crippen LogP contribution in [0.4, 0.5) is 0 Å². The minimum atomic E-state index is -0.525. The van der Waals surface area contributed by atoms with E-state index in [-0.39, 0.29) is 5.91 Å². The highest BCUT2D eigenvalue weighted by Gasteiger charge is 2.24. The topological polar surface area (TPSA) is 47.6 Å².